The van der Waals surface area contributed by atoms with Crippen LogP contribution < -0.4 is 4.90 Å². The first-order valence-corrected chi connectivity index (χ1v) is 12.5. The van der Waals surface area contributed by atoms with Gasteiger partial charge in [0.05, 0.1) is 26.4 Å². The molecule has 9 heteroatoms. The van der Waals surface area contributed by atoms with Crippen LogP contribution in [0.25, 0.3) is 0 Å². The number of hydrogen-bond acceptors (Lipinski definition) is 6. The van der Waals surface area contributed by atoms with Crippen LogP contribution in [0.3, 0.4) is 0 Å². The van der Waals surface area contributed by atoms with E-state index >= 15 is 0 Å². The van der Waals surface area contributed by atoms with Gasteiger partial charge in [0.2, 0.25) is 0 Å². The normalized spacial score (nSPS) is 15.1. The quantitative estimate of drug-likeness (QED) is 0.527. The topological polar surface area (TPSA) is 74.1 Å². The summed E-state index contributed by atoms with van der Waals surface area (Å²) in [7, 11) is -3.57. The molecule has 0 unspecified atom stereocenters. The molecular weight excluding hydrogens is 457 g/mol. The van der Waals surface area contributed by atoms with E-state index in [0.29, 0.717) is 32.4 Å². The monoisotopic (exact) mass is 475 g/mol. The molecule has 2 heterocycles. The molecule has 0 radical (unpaired) electrons. The maximum absolute atomic E-state index is 13.7. The Kier molecular flexibility index (Phi) is 6.28. The second kappa shape index (κ2) is 8.95. The van der Waals surface area contributed by atoms with Gasteiger partial charge in [-0.1, -0.05) is 29.8 Å². The molecule has 160 valence electrons. The lowest BCUT2D eigenvalue weighted by molar-refractivity contribution is 0.529. The van der Waals surface area contributed by atoms with Crippen molar-refractivity contribution in [2.24, 2.45) is 0 Å². The van der Waals surface area contributed by atoms with Crippen LogP contribution in [0.5, 0.6) is 0 Å². The number of aromatic nitrogens is 1. The van der Waals surface area contributed by atoms with Gasteiger partial charge in [0.25, 0.3) is 0 Å². The molecule has 0 spiro atoms. The van der Waals surface area contributed by atoms with Crippen LogP contribution in [0.1, 0.15) is 29.7 Å². The maximum atomic E-state index is 13.7. The van der Waals surface area contributed by atoms with Crippen molar-refractivity contribution in [3.63, 3.8) is 0 Å². The highest BCUT2D eigenvalue weighted by Crippen LogP contribution is 2.30. The van der Waals surface area contributed by atoms with Gasteiger partial charge in [-0.05, 0) is 42.7 Å². The molecule has 1 saturated heterocycles. The standard InChI is InChI=1S/C22H19ClFN3O2S2/c23-19-6-5-15(12-20(19)24)11-17-14-30-22(26-17)27-9-7-18(8-10-27)31(28,29)21-4-2-1-3-16(21)13-25/h1-6,12,14,18H,7-11H2. The van der Waals surface area contributed by atoms with Gasteiger partial charge in [-0.2, -0.15) is 5.26 Å². The van der Waals surface area contributed by atoms with Gasteiger partial charge in [-0.3, -0.25) is 0 Å². The van der Waals surface area contributed by atoms with Crippen LogP contribution in [0.15, 0.2) is 52.7 Å². The van der Waals surface area contributed by atoms with Crippen molar-refractivity contribution >= 4 is 37.9 Å². The summed E-state index contributed by atoms with van der Waals surface area (Å²) < 4.78 is 39.7. The van der Waals surface area contributed by atoms with Crippen molar-refractivity contribution in [1.82, 2.24) is 4.98 Å². The first kappa shape index (κ1) is 21.8. The van der Waals surface area contributed by atoms with Crippen LogP contribution >= 0.6 is 22.9 Å². The minimum atomic E-state index is -3.57. The van der Waals surface area contributed by atoms with Gasteiger partial charge < -0.3 is 4.90 Å². The summed E-state index contributed by atoms with van der Waals surface area (Å²) in [4.78, 5) is 6.85. The molecule has 0 saturated carbocycles. The summed E-state index contributed by atoms with van der Waals surface area (Å²) in [6.45, 7) is 1.14. The summed E-state index contributed by atoms with van der Waals surface area (Å²) in [6, 6.07) is 13.1. The average molecular weight is 476 g/mol. The first-order chi connectivity index (χ1) is 14.9. The number of sulfone groups is 1. The van der Waals surface area contributed by atoms with E-state index in [9.17, 15) is 18.1 Å². The molecule has 1 fully saturated rings. The van der Waals surface area contributed by atoms with E-state index in [4.69, 9.17) is 11.6 Å². The molecular formula is C22H19ClFN3O2S2. The molecule has 4 rings (SSSR count). The zero-order chi connectivity index (χ0) is 22.0. The minimum absolute atomic E-state index is 0.0953. The van der Waals surface area contributed by atoms with Crippen LogP contribution in [-0.2, 0) is 16.3 Å². The first-order valence-electron chi connectivity index (χ1n) is 9.75. The number of nitrogens with zero attached hydrogens (tertiary/aromatic N) is 3. The average Bonchev–Trinajstić information content (AvgIpc) is 3.25. The lowest BCUT2D eigenvalue weighted by atomic mass is 10.1. The predicted octanol–water partition coefficient (Wildman–Crippen LogP) is 4.84. The molecule has 1 aromatic heterocycles. The Bertz CT molecular complexity index is 1250. The number of piperidine rings is 1. The van der Waals surface area contributed by atoms with Crippen LogP contribution in [-0.4, -0.2) is 31.7 Å². The second-order valence-electron chi connectivity index (χ2n) is 7.39. The molecule has 0 N–H and O–H groups in total. The number of halogens is 2. The minimum Gasteiger partial charge on any atom is -0.348 e. The molecule has 3 aromatic rings. The lowest BCUT2D eigenvalue weighted by Crippen LogP contribution is -2.39. The molecule has 0 aliphatic carbocycles. The van der Waals surface area contributed by atoms with E-state index < -0.39 is 20.9 Å². The predicted molar refractivity (Wildman–Crippen MR) is 120 cm³/mol. The zero-order valence-electron chi connectivity index (χ0n) is 16.5. The Morgan fingerprint density at radius 3 is 2.68 bits per heavy atom. The summed E-state index contributed by atoms with van der Waals surface area (Å²) in [5, 5.41) is 11.6. The van der Waals surface area contributed by atoms with Crippen molar-refractivity contribution < 1.29 is 12.8 Å². The molecule has 1 aliphatic rings. The van der Waals surface area contributed by atoms with E-state index in [1.54, 1.807) is 18.2 Å². The largest absolute Gasteiger partial charge is 0.348 e. The summed E-state index contributed by atoms with van der Waals surface area (Å²) >= 11 is 7.23. The van der Waals surface area contributed by atoms with E-state index in [1.165, 1.54) is 35.6 Å². The van der Waals surface area contributed by atoms with Crippen molar-refractivity contribution in [3.8, 4) is 6.07 Å². The van der Waals surface area contributed by atoms with E-state index in [-0.39, 0.29) is 15.5 Å². The van der Waals surface area contributed by atoms with Crippen molar-refractivity contribution in [2.45, 2.75) is 29.4 Å². The van der Waals surface area contributed by atoms with Crippen molar-refractivity contribution in [3.05, 3.63) is 75.5 Å². The van der Waals surface area contributed by atoms with Crippen LogP contribution in [0.4, 0.5) is 9.52 Å². The number of benzene rings is 2. The molecule has 31 heavy (non-hydrogen) atoms. The number of thiazole rings is 1. The van der Waals surface area contributed by atoms with Gasteiger partial charge in [0.1, 0.15) is 11.9 Å². The third kappa shape index (κ3) is 4.59. The smallest absolute Gasteiger partial charge is 0.185 e. The third-order valence-corrected chi connectivity index (χ3v) is 8.95. The molecule has 0 amide bonds. The van der Waals surface area contributed by atoms with E-state index in [1.807, 2.05) is 11.4 Å². The molecule has 2 aromatic carbocycles. The van der Waals surface area contributed by atoms with Gasteiger partial charge in [-0.25, -0.2) is 17.8 Å². The Morgan fingerprint density at radius 1 is 1.23 bits per heavy atom. The number of rotatable bonds is 5. The SMILES string of the molecule is N#Cc1ccccc1S(=O)(=O)C1CCN(c2nc(Cc3ccc(Cl)c(F)c3)cs2)CC1. The Balaban J connectivity index is 1.42. The van der Waals surface area contributed by atoms with Crippen molar-refractivity contribution in [2.75, 3.05) is 18.0 Å². The van der Waals surface area contributed by atoms with Gasteiger partial charge >= 0.3 is 0 Å². The highest BCUT2D eigenvalue weighted by Gasteiger charge is 2.33. The molecule has 0 atom stereocenters. The van der Waals surface area contributed by atoms with Crippen LogP contribution in [0, 0.1) is 17.1 Å². The summed E-state index contributed by atoms with van der Waals surface area (Å²) in [5.41, 5.74) is 1.81. The van der Waals surface area contributed by atoms with Gasteiger partial charge in [0.15, 0.2) is 15.0 Å². The third-order valence-electron chi connectivity index (χ3n) is 5.37. The Morgan fingerprint density at radius 2 is 1.97 bits per heavy atom. The fourth-order valence-corrected chi connectivity index (χ4v) is 6.60. The summed E-state index contributed by atoms with van der Waals surface area (Å²) in [6.07, 6.45) is 1.44. The molecule has 0 bridgehead atoms. The fourth-order valence-electron chi connectivity index (χ4n) is 3.73. The van der Waals surface area contributed by atoms with Crippen LogP contribution in [0.2, 0.25) is 5.02 Å². The highest BCUT2D eigenvalue weighted by atomic mass is 35.5. The maximum Gasteiger partial charge on any atom is 0.185 e. The number of hydrogen-bond donors (Lipinski definition) is 0. The lowest BCUT2D eigenvalue weighted by Gasteiger charge is -2.31. The fraction of sp³-hybridized carbons (Fsp3) is 0.273. The summed E-state index contributed by atoms with van der Waals surface area (Å²) in [5.74, 6) is -0.448. The van der Waals surface area contributed by atoms with E-state index in [2.05, 4.69) is 9.88 Å². The number of nitriles is 1. The molecule has 1 aliphatic heterocycles. The Hall–Kier alpha value is -2.47. The second-order valence-corrected chi connectivity index (χ2v) is 10.8. The van der Waals surface area contributed by atoms with Gasteiger partial charge in [-0.15, -0.1) is 11.3 Å². The number of anilines is 1. The molecule has 5 nitrogen and oxygen atoms in total. The Labute approximate surface area is 189 Å². The highest BCUT2D eigenvalue weighted by molar-refractivity contribution is 7.92. The van der Waals surface area contributed by atoms with Crippen molar-refractivity contribution in [1.29, 1.82) is 5.26 Å². The van der Waals surface area contributed by atoms with E-state index in [0.717, 1.165) is 16.4 Å². The van der Waals surface area contributed by atoms with Gasteiger partial charge in [0, 0.05) is 24.9 Å². The zero-order valence-corrected chi connectivity index (χ0v) is 18.9.